The summed E-state index contributed by atoms with van der Waals surface area (Å²) in [5, 5.41) is 10.6. The molecule has 2 aromatic rings. The summed E-state index contributed by atoms with van der Waals surface area (Å²) in [5.41, 5.74) is 3.00. The molecule has 1 unspecified atom stereocenters. The van der Waals surface area contributed by atoms with E-state index in [2.05, 4.69) is 4.98 Å². The van der Waals surface area contributed by atoms with Gasteiger partial charge in [0.1, 0.15) is 0 Å². The molecule has 72 valence electrons. The minimum absolute atomic E-state index is 0.452. The lowest BCUT2D eigenvalue weighted by Crippen LogP contribution is -1.97. The Morgan fingerprint density at radius 3 is 2.71 bits per heavy atom. The fourth-order valence-electron chi connectivity index (χ4n) is 1.72. The molecule has 0 fully saturated rings. The number of rotatable bonds is 1. The van der Waals surface area contributed by atoms with Crippen LogP contribution in [0.4, 0.5) is 0 Å². The fraction of sp³-hybridized carbons (Fsp3) is 0.250. The molecule has 2 rings (SSSR count). The maximum Gasteiger partial charge on any atom is 0.0779 e. The Kier molecular flexibility index (Phi) is 2.22. The lowest BCUT2D eigenvalue weighted by Gasteiger charge is -2.10. The number of nitrogens with zero attached hydrogens (tertiary/aromatic N) is 1. The van der Waals surface area contributed by atoms with Crippen LogP contribution in [0.2, 0.25) is 0 Å². The second-order valence-electron chi connectivity index (χ2n) is 3.53. The molecular weight excluding hydrogens is 174 g/mol. The van der Waals surface area contributed by atoms with Gasteiger partial charge in [-0.3, -0.25) is 4.98 Å². The highest BCUT2D eigenvalue weighted by Crippen LogP contribution is 2.23. The Morgan fingerprint density at radius 1 is 1.29 bits per heavy atom. The molecular formula is C12H13NO. The highest BCUT2D eigenvalue weighted by molar-refractivity contribution is 5.82. The topological polar surface area (TPSA) is 33.1 Å². The van der Waals surface area contributed by atoms with Gasteiger partial charge in [-0.2, -0.15) is 0 Å². The highest BCUT2D eigenvalue weighted by atomic mass is 16.3. The first-order valence-electron chi connectivity index (χ1n) is 4.72. The van der Waals surface area contributed by atoms with E-state index in [0.717, 1.165) is 22.0 Å². The molecule has 0 aliphatic heterocycles. The maximum atomic E-state index is 9.52. The van der Waals surface area contributed by atoms with Gasteiger partial charge in [-0.05, 0) is 25.5 Å². The van der Waals surface area contributed by atoms with Crippen molar-refractivity contribution in [1.82, 2.24) is 4.98 Å². The normalized spacial score (nSPS) is 13.1. The molecule has 1 aromatic heterocycles. The first kappa shape index (κ1) is 9.16. The maximum absolute atomic E-state index is 9.52. The van der Waals surface area contributed by atoms with Crippen LogP contribution in [0, 0.1) is 6.92 Å². The summed E-state index contributed by atoms with van der Waals surface area (Å²) in [6.45, 7) is 3.78. The van der Waals surface area contributed by atoms with Crippen LogP contribution in [-0.4, -0.2) is 10.1 Å². The number of hydrogen-bond acceptors (Lipinski definition) is 2. The minimum Gasteiger partial charge on any atom is -0.389 e. The second-order valence-corrected chi connectivity index (χ2v) is 3.53. The smallest absolute Gasteiger partial charge is 0.0779 e. The first-order valence-corrected chi connectivity index (χ1v) is 4.72. The molecule has 2 nitrogen and oxygen atoms in total. The molecule has 1 atom stereocenters. The summed E-state index contributed by atoms with van der Waals surface area (Å²) in [6, 6.07) is 7.97. The number of benzene rings is 1. The van der Waals surface area contributed by atoms with Crippen molar-refractivity contribution in [2.75, 3.05) is 0 Å². The van der Waals surface area contributed by atoms with Crippen LogP contribution in [0.3, 0.4) is 0 Å². The van der Waals surface area contributed by atoms with E-state index in [4.69, 9.17) is 0 Å². The fourth-order valence-corrected chi connectivity index (χ4v) is 1.72. The molecule has 1 N–H and O–H groups in total. The van der Waals surface area contributed by atoms with Gasteiger partial charge in [-0.1, -0.05) is 18.2 Å². The number of aliphatic hydroxyl groups is 1. The van der Waals surface area contributed by atoms with Gasteiger partial charge in [-0.15, -0.1) is 0 Å². The summed E-state index contributed by atoms with van der Waals surface area (Å²) in [5.74, 6) is 0. The van der Waals surface area contributed by atoms with Gasteiger partial charge < -0.3 is 5.11 Å². The van der Waals surface area contributed by atoms with Crippen LogP contribution in [0.1, 0.15) is 24.2 Å². The molecule has 1 heterocycles. The van der Waals surface area contributed by atoms with Crippen molar-refractivity contribution in [3.05, 3.63) is 41.6 Å². The van der Waals surface area contributed by atoms with Gasteiger partial charge in [0.25, 0.3) is 0 Å². The zero-order valence-electron chi connectivity index (χ0n) is 8.36. The Morgan fingerprint density at radius 2 is 2.00 bits per heavy atom. The third kappa shape index (κ3) is 1.38. The number of hydrogen-bond donors (Lipinski definition) is 1. The Bertz CT molecular complexity index is 463. The largest absolute Gasteiger partial charge is 0.389 e. The third-order valence-corrected chi connectivity index (χ3v) is 2.53. The average molecular weight is 187 g/mol. The monoisotopic (exact) mass is 187 g/mol. The van der Waals surface area contributed by atoms with Crippen LogP contribution in [0.5, 0.6) is 0 Å². The lowest BCUT2D eigenvalue weighted by atomic mass is 10.0. The van der Waals surface area contributed by atoms with E-state index >= 15 is 0 Å². The van der Waals surface area contributed by atoms with Crippen molar-refractivity contribution in [2.24, 2.45) is 0 Å². The Hall–Kier alpha value is -1.41. The van der Waals surface area contributed by atoms with Gasteiger partial charge in [0.2, 0.25) is 0 Å². The van der Waals surface area contributed by atoms with E-state index in [-0.39, 0.29) is 0 Å². The molecule has 0 bridgehead atoms. The quantitative estimate of drug-likeness (QED) is 0.744. The van der Waals surface area contributed by atoms with Gasteiger partial charge in [0, 0.05) is 17.1 Å². The molecule has 0 amide bonds. The Labute approximate surface area is 83.2 Å². The van der Waals surface area contributed by atoms with Crippen LogP contribution in [-0.2, 0) is 0 Å². The third-order valence-electron chi connectivity index (χ3n) is 2.53. The summed E-state index contributed by atoms with van der Waals surface area (Å²) in [6.07, 6.45) is 1.30. The molecule has 14 heavy (non-hydrogen) atoms. The molecule has 0 spiro atoms. The number of aromatic nitrogens is 1. The van der Waals surface area contributed by atoms with E-state index < -0.39 is 6.10 Å². The van der Waals surface area contributed by atoms with Gasteiger partial charge in [0.15, 0.2) is 0 Å². The second kappa shape index (κ2) is 3.39. The number of fused-ring (bicyclic) bond motifs is 1. The predicted octanol–water partition coefficient (Wildman–Crippen LogP) is 2.60. The van der Waals surface area contributed by atoms with Gasteiger partial charge in [-0.25, -0.2) is 0 Å². The zero-order valence-corrected chi connectivity index (χ0v) is 8.36. The van der Waals surface area contributed by atoms with Gasteiger partial charge >= 0.3 is 0 Å². The molecule has 0 radical (unpaired) electrons. The standard InChI is InChI=1S/C12H13NO/c1-8-10-5-3-4-6-12(10)13-7-11(8)9(2)14/h3-7,9,14H,1-2H3. The van der Waals surface area contributed by atoms with Gasteiger partial charge in [0.05, 0.1) is 11.6 Å². The number of aryl methyl sites for hydroxylation is 1. The number of aliphatic hydroxyl groups excluding tert-OH is 1. The van der Waals surface area contributed by atoms with Crippen molar-refractivity contribution >= 4 is 10.9 Å². The highest BCUT2D eigenvalue weighted by Gasteiger charge is 2.07. The van der Waals surface area contributed by atoms with E-state index in [1.54, 1.807) is 13.1 Å². The first-order chi connectivity index (χ1) is 6.70. The van der Waals surface area contributed by atoms with E-state index in [1.807, 2.05) is 31.2 Å². The lowest BCUT2D eigenvalue weighted by molar-refractivity contribution is 0.198. The number of para-hydroxylation sites is 1. The van der Waals surface area contributed by atoms with Crippen LogP contribution in [0.25, 0.3) is 10.9 Å². The number of pyridine rings is 1. The van der Waals surface area contributed by atoms with Crippen molar-refractivity contribution < 1.29 is 5.11 Å². The summed E-state index contributed by atoms with van der Waals surface area (Å²) < 4.78 is 0. The molecule has 0 aliphatic carbocycles. The summed E-state index contributed by atoms with van der Waals surface area (Å²) in [7, 11) is 0. The van der Waals surface area contributed by atoms with Crippen molar-refractivity contribution in [1.29, 1.82) is 0 Å². The van der Waals surface area contributed by atoms with Crippen molar-refractivity contribution in [3.63, 3.8) is 0 Å². The molecule has 0 saturated heterocycles. The molecule has 0 saturated carbocycles. The molecule has 2 heteroatoms. The zero-order chi connectivity index (χ0) is 10.1. The van der Waals surface area contributed by atoms with Crippen LogP contribution in [0.15, 0.2) is 30.5 Å². The van der Waals surface area contributed by atoms with E-state index in [9.17, 15) is 5.11 Å². The van der Waals surface area contributed by atoms with Crippen LogP contribution >= 0.6 is 0 Å². The van der Waals surface area contributed by atoms with E-state index in [1.165, 1.54) is 0 Å². The van der Waals surface area contributed by atoms with Crippen LogP contribution < -0.4 is 0 Å². The molecule has 1 aromatic carbocycles. The predicted molar refractivity (Wildman–Crippen MR) is 57.1 cm³/mol. The van der Waals surface area contributed by atoms with Crippen molar-refractivity contribution in [3.8, 4) is 0 Å². The van der Waals surface area contributed by atoms with E-state index in [0.29, 0.717) is 0 Å². The van der Waals surface area contributed by atoms with Crippen molar-refractivity contribution in [2.45, 2.75) is 20.0 Å². The summed E-state index contributed by atoms with van der Waals surface area (Å²) in [4.78, 5) is 4.30. The molecule has 0 aliphatic rings. The average Bonchev–Trinajstić information content (AvgIpc) is 2.18. The SMILES string of the molecule is Cc1c(C(C)O)cnc2ccccc12. The minimum atomic E-state index is -0.452. The summed E-state index contributed by atoms with van der Waals surface area (Å²) >= 11 is 0. The Balaban J connectivity index is 2.75.